The molecule has 18 heavy (non-hydrogen) atoms. The van der Waals surface area contributed by atoms with Gasteiger partial charge in [0.05, 0.1) is 11.3 Å². The standard InChI is InChI=1S/C14H19NO2S/c1-18-12-9-5-8-11(13(12)14(16)17)15-10-6-3-2-4-7-10/h5,8-10,15H,2-4,6-7H2,1H3,(H,16,17). The van der Waals surface area contributed by atoms with Gasteiger partial charge in [0.25, 0.3) is 0 Å². The minimum atomic E-state index is -0.849. The number of carboxylic acid groups (broad SMARTS) is 1. The Balaban J connectivity index is 2.23. The van der Waals surface area contributed by atoms with Crippen molar-refractivity contribution in [3.63, 3.8) is 0 Å². The number of rotatable bonds is 4. The SMILES string of the molecule is CSc1cccc(NC2CCCCC2)c1C(=O)O. The number of hydrogen-bond acceptors (Lipinski definition) is 3. The Labute approximate surface area is 112 Å². The number of benzene rings is 1. The molecule has 4 heteroatoms. The highest BCUT2D eigenvalue weighted by atomic mass is 32.2. The number of nitrogens with one attached hydrogen (secondary N) is 1. The van der Waals surface area contributed by atoms with E-state index in [9.17, 15) is 9.90 Å². The van der Waals surface area contributed by atoms with Crippen molar-refractivity contribution in [2.75, 3.05) is 11.6 Å². The van der Waals surface area contributed by atoms with Crippen molar-refractivity contribution in [2.45, 2.75) is 43.0 Å². The van der Waals surface area contributed by atoms with Gasteiger partial charge < -0.3 is 10.4 Å². The van der Waals surface area contributed by atoms with E-state index in [1.165, 1.54) is 31.0 Å². The summed E-state index contributed by atoms with van der Waals surface area (Å²) >= 11 is 1.48. The molecule has 1 aromatic carbocycles. The molecule has 1 aliphatic carbocycles. The number of carbonyl (C=O) groups is 1. The van der Waals surface area contributed by atoms with Gasteiger partial charge in [0.15, 0.2) is 0 Å². The fourth-order valence-corrected chi connectivity index (χ4v) is 3.12. The Morgan fingerprint density at radius 3 is 2.67 bits per heavy atom. The van der Waals surface area contributed by atoms with Gasteiger partial charge in [-0.3, -0.25) is 0 Å². The monoisotopic (exact) mass is 265 g/mol. The Hall–Kier alpha value is -1.16. The quantitative estimate of drug-likeness (QED) is 0.812. The summed E-state index contributed by atoms with van der Waals surface area (Å²) in [6, 6.07) is 6.08. The summed E-state index contributed by atoms with van der Waals surface area (Å²) < 4.78 is 0. The van der Waals surface area contributed by atoms with Gasteiger partial charge in [0, 0.05) is 10.9 Å². The zero-order chi connectivity index (χ0) is 13.0. The lowest BCUT2D eigenvalue weighted by atomic mass is 9.95. The van der Waals surface area contributed by atoms with Crippen LogP contribution in [0.15, 0.2) is 23.1 Å². The highest BCUT2D eigenvalue weighted by Gasteiger charge is 2.19. The molecule has 1 fully saturated rings. The Kier molecular flexibility index (Phi) is 4.53. The number of anilines is 1. The largest absolute Gasteiger partial charge is 0.478 e. The number of hydrogen-bond donors (Lipinski definition) is 2. The van der Waals surface area contributed by atoms with Gasteiger partial charge >= 0.3 is 5.97 Å². The van der Waals surface area contributed by atoms with Gasteiger partial charge in [-0.15, -0.1) is 11.8 Å². The van der Waals surface area contributed by atoms with Crippen molar-refractivity contribution in [3.8, 4) is 0 Å². The van der Waals surface area contributed by atoms with E-state index in [-0.39, 0.29) is 0 Å². The molecule has 1 aliphatic rings. The van der Waals surface area contributed by atoms with Crippen LogP contribution in [-0.2, 0) is 0 Å². The lowest BCUT2D eigenvalue weighted by Gasteiger charge is -2.25. The molecule has 1 aromatic rings. The highest BCUT2D eigenvalue weighted by Crippen LogP contribution is 2.29. The van der Waals surface area contributed by atoms with E-state index < -0.39 is 5.97 Å². The summed E-state index contributed by atoms with van der Waals surface area (Å²) in [6.45, 7) is 0. The Morgan fingerprint density at radius 1 is 1.33 bits per heavy atom. The first kappa shape index (κ1) is 13.3. The summed E-state index contributed by atoms with van der Waals surface area (Å²) in [5, 5.41) is 12.8. The molecule has 2 rings (SSSR count). The smallest absolute Gasteiger partial charge is 0.338 e. The topological polar surface area (TPSA) is 49.3 Å². The van der Waals surface area contributed by atoms with Crippen molar-refractivity contribution in [3.05, 3.63) is 23.8 Å². The molecule has 0 unspecified atom stereocenters. The Bertz CT molecular complexity index is 428. The predicted octanol–water partition coefficient (Wildman–Crippen LogP) is 3.85. The van der Waals surface area contributed by atoms with E-state index in [1.54, 1.807) is 0 Å². The fourth-order valence-electron chi connectivity index (χ4n) is 2.51. The zero-order valence-electron chi connectivity index (χ0n) is 10.6. The maximum atomic E-state index is 11.4. The van der Waals surface area contributed by atoms with E-state index in [1.807, 2.05) is 24.5 Å². The number of thioether (sulfide) groups is 1. The average Bonchev–Trinajstić information content (AvgIpc) is 2.39. The second kappa shape index (κ2) is 6.14. The molecule has 1 saturated carbocycles. The number of carboxylic acids is 1. The Morgan fingerprint density at radius 2 is 2.06 bits per heavy atom. The van der Waals surface area contributed by atoms with E-state index in [0.717, 1.165) is 23.4 Å². The van der Waals surface area contributed by atoms with Crippen LogP contribution in [0, 0.1) is 0 Å². The highest BCUT2D eigenvalue weighted by molar-refractivity contribution is 7.98. The van der Waals surface area contributed by atoms with Crippen LogP contribution >= 0.6 is 11.8 Å². The van der Waals surface area contributed by atoms with E-state index in [4.69, 9.17) is 0 Å². The normalized spacial score (nSPS) is 16.5. The molecule has 0 spiro atoms. The maximum Gasteiger partial charge on any atom is 0.338 e. The van der Waals surface area contributed by atoms with Gasteiger partial charge in [-0.1, -0.05) is 25.3 Å². The average molecular weight is 265 g/mol. The van der Waals surface area contributed by atoms with Crippen molar-refractivity contribution in [1.29, 1.82) is 0 Å². The van der Waals surface area contributed by atoms with Crippen molar-refractivity contribution in [1.82, 2.24) is 0 Å². The molecule has 0 aromatic heterocycles. The first-order valence-corrected chi connectivity index (χ1v) is 7.61. The molecule has 2 N–H and O–H groups in total. The second-order valence-electron chi connectivity index (χ2n) is 4.67. The van der Waals surface area contributed by atoms with Crippen molar-refractivity contribution < 1.29 is 9.90 Å². The molecule has 0 amide bonds. The summed E-state index contributed by atoms with van der Waals surface area (Å²) in [5.41, 5.74) is 1.18. The molecular weight excluding hydrogens is 246 g/mol. The van der Waals surface area contributed by atoms with E-state index in [0.29, 0.717) is 11.6 Å². The zero-order valence-corrected chi connectivity index (χ0v) is 11.4. The van der Waals surface area contributed by atoms with E-state index >= 15 is 0 Å². The van der Waals surface area contributed by atoms with Crippen LogP contribution in [0.5, 0.6) is 0 Å². The molecule has 0 heterocycles. The lowest BCUT2D eigenvalue weighted by Crippen LogP contribution is -2.23. The lowest BCUT2D eigenvalue weighted by molar-refractivity contribution is 0.0694. The fraction of sp³-hybridized carbons (Fsp3) is 0.500. The minimum absolute atomic E-state index is 0.413. The molecule has 0 radical (unpaired) electrons. The van der Waals surface area contributed by atoms with Crippen LogP contribution in [0.25, 0.3) is 0 Å². The third-order valence-corrected chi connectivity index (χ3v) is 4.20. The van der Waals surface area contributed by atoms with E-state index in [2.05, 4.69) is 5.32 Å². The predicted molar refractivity (Wildman–Crippen MR) is 75.7 cm³/mol. The second-order valence-corrected chi connectivity index (χ2v) is 5.52. The van der Waals surface area contributed by atoms with Gasteiger partial charge in [-0.2, -0.15) is 0 Å². The molecule has 98 valence electrons. The molecule has 0 aliphatic heterocycles. The first-order chi connectivity index (χ1) is 8.72. The molecule has 3 nitrogen and oxygen atoms in total. The van der Waals surface area contributed by atoms with Crippen LogP contribution in [-0.4, -0.2) is 23.4 Å². The molecule has 0 bridgehead atoms. The van der Waals surface area contributed by atoms with Crippen LogP contribution < -0.4 is 5.32 Å². The van der Waals surface area contributed by atoms with Gasteiger partial charge in [-0.05, 0) is 31.2 Å². The van der Waals surface area contributed by atoms with Gasteiger partial charge in [-0.25, -0.2) is 4.79 Å². The molecule has 0 saturated heterocycles. The first-order valence-electron chi connectivity index (χ1n) is 6.39. The molecular formula is C14H19NO2S. The van der Waals surface area contributed by atoms with Crippen LogP contribution in [0.3, 0.4) is 0 Å². The van der Waals surface area contributed by atoms with Crippen LogP contribution in [0.1, 0.15) is 42.5 Å². The van der Waals surface area contributed by atoms with Gasteiger partial charge in [0.2, 0.25) is 0 Å². The van der Waals surface area contributed by atoms with Crippen LogP contribution in [0.2, 0.25) is 0 Å². The number of aromatic carboxylic acids is 1. The summed E-state index contributed by atoms with van der Waals surface area (Å²) in [7, 11) is 0. The third kappa shape index (κ3) is 2.99. The van der Waals surface area contributed by atoms with Crippen molar-refractivity contribution >= 4 is 23.4 Å². The minimum Gasteiger partial charge on any atom is -0.478 e. The van der Waals surface area contributed by atoms with Gasteiger partial charge in [0.1, 0.15) is 0 Å². The maximum absolute atomic E-state index is 11.4. The van der Waals surface area contributed by atoms with Crippen LogP contribution in [0.4, 0.5) is 5.69 Å². The summed E-state index contributed by atoms with van der Waals surface area (Å²) in [6.07, 6.45) is 7.97. The van der Waals surface area contributed by atoms with Crippen molar-refractivity contribution in [2.24, 2.45) is 0 Å². The molecule has 0 atom stereocenters. The summed E-state index contributed by atoms with van der Waals surface area (Å²) in [4.78, 5) is 12.2. The summed E-state index contributed by atoms with van der Waals surface area (Å²) in [5.74, 6) is -0.849. The third-order valence-electron chi connectivity index (χ3n) is 3.42.